The van der Waals surface area contributed by atoms with Crippen LogP contribution in [-0.4, -0.2) is 21.1 Å². The summed E-state index contributed by atoms with van der Waals surface area (Å²) in [6.45, 7) is 0.823. The molecule has 84 valence electrons. The van der Waals surface area contributed by atoms with Crippen LogP contribution >= 0.6 is 11.6 Å². The van der Waals surface area contributed by atoms with Gasteiger partial charge in [-0.1, -0.05) is 11.6 Å². The van der Waals surface area contributed by atoms with Crippen molar-refractivity contribution in [2.24, 2.45) is 0 Å². The summed E-state index contributed by atoms with van der Waals surface area (Å²) in [6.07, 6.45) is 6.97. The number of hydrogen-bond acceptors (Lipinski definition) is 3. The van der Waals surface area contributed by atoms with Crippen molar-refractivity contribution in [1.82, 2.24) is 14.5 Å². The Bertz CT molecular complexity index is 505. The smallest absolute Gasteiger partial charge is 0.135 e. The van der Waals surface area contributed by atoms with E-state index >= 15 is 0 Å². The molecule has 5 heteroatoms. The molecular formula is C11H12ClN3O. The minimum Gasteiger partial charge on any atom is -0.358 e. The number of fused-ring (bicyclic) bond motifs is 1. The quantitative estimate of drug-likeness (QED) is 0.716. The number of aromatic nitrogens is 3. The fraction of sp³-hybridized carbons (Fsp3) is 0.455. The lowest BCUT2D eigenvalue weighted by molar-refractivity contribution is -0.0295. The fourth-order valence-electron chi connectivity index (χ4n) is 2.08. The van der Waals surface area contributed by atoms with Gasteiger partial charge in [-0.25, -0.2) is 9.97 Å². The molecular weight excluding hydrogens is 226 g/mol. The third kappa shape index (κ3) is 1.68. The molecule has 1 unspecified atom stereocenters. The van der Waals surface area contributed by atoms with Crippen molar-refractivity contribution in [1.29, 1.82) is 0 Å². The molecule has 1 saturated heterocycles. The average molecular weight is 238 g/mol. The Morgan fingerprint density at radius 3 is 3.12 bits per heavy atom. The second kappa shape index (κ2) is 4.03. The predicted octanol–water partition coefficient (Wildman–Crippen LogP) is 2.78. The van der Waals surface area contributed by atoms with Gasteiger partial charge in [0.15, 0.2) is 0 Å². The highest BCUT2D eigenvalue weighted by Gasteiger charge is 2.17. The van der Waals surface area contributed by atoms with Gasteiger partial charge in [-0.3, -0.25) is 0 Å². The van der Waals surface area contributed by atoms with Crippen molar-refractivity contribution < 1.29 is 4.74 Å². The lowest BCUT2D eigenvalue weighted by Gasteiger charge is -2.24. The Balaban J connectivity index is 2.05. The summed E-state index contributed by atoms with van der Waals surface area (Å²) < 4.78 is 7.77. The van der Waals surface area contributed by atoms with Gasteiger partial charge in [0.2, 0.25) is 0 Å². The van der Waals surface area contributed by atoms with Crippen LogP contribution in [0.2, 0.25) is 5.15 Å². The van der Waals surface area contributed by atoms with Crippen LogP contribution in [0.3, 0.4) is 0 Å². The summed E-state index contributed by atoms with van der Waals surface area (Å²) in [5.74, 6) is 0. The van der Waals surface area contributed by atoms with Crippen molar-refractivity contribution in [3.05, 3.63) is 23.7 Å². The molecule has 0 aliphatic carbocycles. The molecule has 1 fully saturated rings. The van der Waals surface area contributed by atoms with Crippen LogP contribution < -0.4 is 0 Å². The van der Waals surface area contributed by atoms with Crippen LogP contribution in [0.15, 0.2) is 18.6 Å². The van der Waals surface area contributed by atoms with Crippen molar-refractivity contribution in [3.63, 3.8) is 0 Å². The van der Waals surface area contributed by atoms with Crippen molar-refractivity contribution >= 4 is 22.6 Å². The number of hydrogen-bond donors (Lipinski definition) is 0. The van der Waals surface area contributed by atoms with E-state index in [0.717, 1.165) is 30.5 Å². The third-order valence-electron chi connectivity index (χ3n) is 2.89. The second-order valence-corrected chi connectivity index (χ2v) is 4.36. The van der Waals surface area contributed by atoms with Gasteiger partial charge in [0.05, 0.1) is 18.0 Å². The van der Waals surface area contributed by atoms with E-state index < -0.39 is 0 Å². The summed E-state index contributed by atoms with van der Waals surface area (Å²) in [7, 11) is 0. The van der Waals surface area contributed by atoms with Gasteiger partial charge in [0.1, 0.15) is 16.9 Å². The minimum atomic E-state index is 0.0946. The molecule has 0 spiro atoms. The molecule has 0 N–H and O–H groups in total. The molecule has 1 atom stereocenters. The third-order valence-corrected chi connectivity index (χ3v) is 3.10. The Morgan fingerprint density at radius 2 is 2.31 bits per heavy atom. The molecule has 0 aromatic carbocycles. The first kappa shape index (κ1) is 10.1. The Hall–Kier alpha value is -1.13. The van der Waals surface area contributed by atoms with Gasteiger partial charge < -0.3 is 9.30 Å². The molecule has 3 heterocycles. The zero-order chi connectivity index (χ0) is 11.0. The van der Waals surface area contributed by atoms with E-state index in [1.165, 1.54) is 6.42 Å². The zero-order valence-corrected chi connectivity index (χ0v) is 9.52. The Kier molecular flexibility index (Phi) is 2.53. The van der Waals surface area contributed by atoms with Gasteiger partial charge in [0.25, 0.3) is 0 Å². The molecule has 2 aromatic rings. The van der Waals surface area contributed by atoms with Crippen LogP contribution in [0.1, 0.15) is 25.5 Å². The molecule has 16 heavy (non-hydrogen) atoms. The van der Waals surface area contributed by atoms with Gasteiger partial charge in [0, 0.05) is 12.7 Å². The highest BCUT2D eigenvalue weighted by Crippen LogP contribution is 2.26. The summed E-state index contributed by atoms with van der Waals surface area (Å²) in [4.78, 5) is 8.31. The van der Waals surface area contributed by atoms with E-state index in [9.17, 15) is 0 Å². The van der Waals surface area contributed by atoms with Crippen LogP contribution in [0.4, 0.5) is 0 Å². The first-order chi connectivity index (χ1) is 7.84. The van der Waals surface area contributed by atoms with E-state index in [1.807, 2.05) is 10.6 Å². The molecule has 0 saturated carbocycles. The second-order valence-electron chi connectivity index (χ2n) is 3.97. The minimum absolute atomic E-state index is 0.0946. The number of rotatable bonds is 1. The highest BCUT2D eigenvalue weighted by molar-refractivity contribution is 6.29. The molecule has 1 aliphatic heterocycles. The van der Waals surface area contributed by atoms with E-state index in [-0.39, 0.29) is 6.23 Å². The van der Waals surface area contributed by atoms with Gasteiger partial charge in [-0.2, -0.15) is 0 Å². The number of imidazole rings is 1. The van der Waals surface area contributed by atoms with Crippen LogP contribution in [0.25, 0.3) is 11.0 Å². The van der Waals surface area contributed by atoms with Gasteiger partial charge in [-0.05, 0) is 19.3 Å². The van der Waals surface area contributed by atoms with Crippen molar-refractivity contribution in [2.75, 3.05) is 6.61 Å². The first-order valence-electron chi connectivity index (χ1n) is 5.44. The number of nitrogens with zero attached hydrogens (tertiary/aromatic N) is 3. The molecule has 2 aromatic heterocycles. The maximum atomic E-state index is 5.89. The molecule has 0 radical (unpaired) electrons. The maximum absolute atomic E-state index is 5.89. The Labute approximate surface area is 98.2 Å². The molecule has 0 bridgehead atoms. The monoisotopic (exact) mass is 237 g/mol. The predicted molar refractivity (Wildman–Crippen MR) is 61.4 cm³/mol. The SMILES string of the molecule is Clc1cc2c(cn1)ncn2C1CCCCO1. The van der Waals surface area contributed by atoms with Crippen LogP contribution in [0.5, 0.6) is 0 Å². The lowest BCUT2D eigenvalue weighted by Crippen LogP contribution is -2.17. The van der Waals surface area contributed by atoms with E-state index in [0.29, 0.717) is 5.15 Å². The summed E-state index contributed by atoms with van der Waals surface area (Å²) in [6, 6.07) is 1.84. The number of pyridine rings is 1. The maximum Gasteiger partial charge on any atom is 0.135 e. The Morgan fingerprint density at radius 1 is 1.38 bits per heavy atom. The van der Waals surface area contributed by atoms with E-state index in [1.54, 1.807) is 12.5 Å². The summed E-state index contributed by atoms with van der Waals surface area (Å²) in [5, 5.41) is 0.491. The lowest BCUT2D eigenvalue weighted by atomic mass is 10.2. The van der Waals surface area contributed by atoms with Crippen molar-refractivity contribution in [3.8, 4) is 0 Å². The molecule has 1 aliphatic rings. The topological polar surface area (TPSA) is 39.9 Å². The van der Waals surface area contributed by atoms with Crippen molar-refractivity contribution in [2.45, 2.75) is 25.5 Å². The van der Waals surface area contributed by atoms with Gasteiger partial charge in [-0.15, -0.1) is 0 Å². The number of ether oxygens (including phenoxy) is 1. The normalized spacial score (nSPS) is 21.4. The van der Waals surface area contributed by atoms with Crippen LogP contribution in [-0.2, 0) is 4.74 Å². The molecule has 3 rings (SSSR count). The van der Waals surface area contributed by atoms with E-state index in [2.05, 4.69) is 9.97 Å². The van der Waals surface area contributed by atoms with Gasteiger partial charge >= 0.3 is 0 Å². The summed E-state index contributed by atoms with van der Waals surface area (Å²) in [5.41, 5.74) is 1.85. The standard InChI is InChI=1S/C11H12ClN3O/c12-10-5-9-8(6-13-10)14-7-15(9)11-3-1-2-4-16-11/h5-7,11H,1-4H2. The fourth-order valence-corrected chi connectivity index (χ4v) is 2.23. The highest BCUT2D eigenvalue weighted by atomic mass is 35.5. The van der Waals surface area contributed by atoms with Crippen LogP contribution in [0, 0.1) is 0 Å². The first-order valence-corrected chi connectivity index (χ1v) is 5.82. The van der Waals surface area contributed by atoms with E-state index in [4.69, 9.17) is 16.3 Å². The average Bonchev–Trinajstić information content (AvgIpc) is 2.73. The largest absolute Gasteiger partial charge is 0.358 e. The molecule has 0 amide bonds. The molecule has 4 nitrogen and oxygen atoms in total. The summed E-state index contributed by atoms with van der Waals surface area (Å²) >= 11 is 5.89. The number of halogens is 1. The zero-order valence-electron chi connectivity index (χ0n) is 8.77.